The molecule has 0 spiro atoms. The van der Waals surface area contributed by atoms with Crippen LogP contribution < -0.4 is 4.74 Å². The molecule has 0 aromatic carbocycles. The lowest BCUT2D eigenvalue weighted by Gasteiger charge is -2.26. The van der Waals surface area contributed by atoms with Crippen molar-refractivity contribution in [1.29, 1.82) is 0 Å². The van der Waals surface area contributed by atoms with Crippen molar-refractivity contribution in [2.75, 3.05) is 13.2 Å². The highest BCUT2D eigenvalue weighted by molar-refractivity contribution is 5.49. The summed E-state index contributed by atoms with van der Waals surface area (Å²) in [6.45, 7) is 1.31. The molecule has 2 heterocycles. The van der Waals surface area contributed by atoms with Crippen LogP contribution in [0.15, 0.2) is 6.20 Å². The van der Waals surface area contributed by atoms with Crippen LogP contribution >= 0.6 is 0 Å². The van der Waals surface area contributed by atoms with Crippen molar-refractivity contribution in [3.63, 3.8) is 0 Å². The highest BCUT2D eigenvalue weighted by Gasteiger charge is 2.28. The monoisotopic (exact) mass is 250 g/mol. The van der Waals surface area contributed by atoms with Crippen molar-refractivity contribution < 1.29 is 14.3 Å². The van der Waals surface area contributed by atoms with E-state index in [4.69, 9.17) is 9.47 Å². The second-order valence-corrected chi connectivity index (χ2v) is 5.01. The Kier molecular flexibility index (Phi) is 3.32. The quantitative estimate of drug-likeness (QED) is 0.544. The minimum absolute atomic E-state index is 0.150. The Morgan fingerprint density at radius 2 is 2.33 bits per heavy atom. The Labute approximate surface area is 106 Å². The number of hydrogen-bond acceptors (Lipinski definition) is 4. The molecule has 3 rings (SSSR count). The first-order valence-corrected chi connectivity index (χ1v) is 6.63. The van der Waals surface area contributed by atoms with Gasteiger partial charge in [0.05, 0.1) is 19.3 Å². The molecule has 1 aliphatic carbocycles. The number of aryl methyl sites for hydroxylation is 1. The smallest absolute Gasteiger partial charge is 0.236 e. The van der Waals surface area contributed by atoms with Gasteiger partial charge in [-0.15, -0.1) is 5.10 Å². The molecule has 0 radical (unpaired) electrons. The minimum atomic E-state index is 0.150. The summed E-state index contributed by atoms with van der Waals surface area (Å²) >= 11 is 0. The van der Waals surface area contributed by atoms with E-state index in [1.54, 1.807) is 0 Å². The van der Waals surface area contributed by atoms with Gasteiger partial charge in [0.2, 0.25) is 5.88 Å². The zero-order chi connectivity index (χ0) is 12.4. The van der Waals surface area contributed by atoms with Crippen LogP contribution in [0.25, 0.3) is 0 Å². The van der Waals surface area contributed by atoms with Gasteiger partial charge in [0.25, 0.3) is 0 Å². The normalized spacial score (nSPS) is 19.6. The first kappa shape index (κ1) is 11.7. The molecule has 5 heteroatoms. The molecule has 18 heavy (non-hydrogen) atoms. The molecule has 1 saturated heterocycles. The first-order valence-electron chi connectivity index (χ1n) is 6.63. The molecule has 0 N–H and O–H groups in total. The van der Waals surface area contributed by atoms with Gasteiger partial charge in [0, 0.05) is 18.2 Å². The average Bonchev–Trinajstić information content (AvgIpc) is 3.08. The maximum atomic E-state index is 10.4. The fourth-order valence-electron chi connectivity index (χ4n) is 2.03. The van der Waals surface area contributed by atoms with E-state index >= 15 is 0 Å². The van der Waals surface area contributed by atoms with Crippen LogP contribution in [-0.2, 0) is 16.0 Å². The third-order valence-corrected chi connectivity index (χ3v) is 3.34. The van der Waals surface area contributed by atoms with Crippen LogP contribution in [0.2, 0.25) is 0 Å². The maximum Gasteiger partial charge on any atom is 0.236 e. The van der Waals surface area contributed by atoms with Crippen molar-refractivity contribution in [3.8, 4) is 5.88 Å². The Bertz CT molecular complexity index is 422. The van der Waals surface area contributed by atoms with Crippen molar-refractivity contribution in [2.45, 2.75) is 44.2 Å². The lowest BCUT2D eigenvalue weighted by atomic mass is 10.1. The molecule has 1 aliphatic heterocycles. The highest BCUT2D eigenvalue weighted by atomic mass is 16.6. The lowest BCUT2D eigenvalue weighted by Crippen LogP contribution is -2.38. The summed E-state index contributed by atoms with van der Waals surface area (Å²) in [5.74, 6) is 0.737. The van der Waals surface area contributed by atoms with Crippen LogP contribution in [0, 0.1) is 0 Å². The molecule has 1 aromatic heterocycles. The van der Waals surface area contributed by atoms with E-state index in [2.05, 4.69) is 11.3 Å². The fourth-order valence-corrected chi connectivity index (χ4v) is 2.03. The number of hydrogen-bond donors (Lipinski definition) is 0. The number of nitrogens with zero attached hydrogens (tertiary/aromatic N) is 2. The lowest BCUT2D eigenvalue weighted by molar-refractivity contribution is -0.107. The predicted octanol–water partition coefficient (Wildman–Crippen LogP) is 1.52. The molecular formula is C13H18N2O3. The van der Waals surface area contributed by atoms with Gasteiger partial charge in [-0.25, -0.2) is 0 Å². The molecule has 0 bridgehead atoms. The number of aromatic nitrogens is 2. The predicted molar refractivity (Wildman–Crippen MR) is 64.7 cm³/mol. The first-order chi connectivity index (χ1) is 8.86. The summed E-state index contributed by atoms with van der Waals surface area (Å²) in [5.41, 5.74) is 1.12. The van der Waals surface area contributed by atoms with Crippen molar-refractivity contribution in [1.82, 2.24) is 9.78 Å². The Morgan fingerprint density at radius 1 is 1.50 bits per heavy atom. The van der Waals surface area contributed by atoms with Gasteiger partial charge in [-0.05, 0) is 25.7 Å². The van der Waals surface area contributed by atoms with Crippen LogP contribution in [0.3, 0.4) is 0 Å². The third kappa shape index (κ3) is 2.56. The van der Waals surface area contributed by atoms with Crippen LogP contribution in [-0.4, -0.2) is 35.4 Å². The van der Waals surface area contributed by atoms with Crippen molar-refractivity contribution >= 4 is 6.29 Å². The van der Waals surface area contributed by atoms with E-state index in [0.717, 1.165) is 30.6 Å². The van der Waals surface area contributed by atoms with Gasteiger partial charge in [0.1, 0.15) is 12.4 Å². The summed E-state index contributed by atoms with van der Waals surface area (Å²) < 4.78 is 13.0. The molecule has 2 fully saturated rings. The van der Waals surface area contributed by atoms with Crippen LogP contribution in [0.1, 0.15) is 37.3 Å². The summed E-state index contributed by atoms with van der Waals surface area (Å²) in [6.07, 6.45) is 7.93. The summed E-state index contributed by atoms with van der Waals surface area (Å²) in [5, 5.41) is 4.52. The van der Waals surface area contributed by atoms with Gasteiger partial charge in [-0.3, -0.25) is 4.68 Å². The summed E-state index contributed by atoms with van der Waals surface area (Å²) in [7, 11) is 0. The number of ether oxygens (including phenoxy) is 2. The molecule has 0 amide bonds. The highest BCUT2D eigenvalue weighted by Crippen LogP contribution is 2.36. The standard InChI is InChI=1S/C13H18N2O3/c16-6-2-1-3-10-7-15(11-4-5-11)14-13(10)18-12-8-17-9-12/h6-7,11-12H,1-5,8-9H2. The van der Waals surface area contributed by atoms with Gasteiger partial charge in [-0.2, -0.15) is 0 Å². The Hall–Kier alpha value is -1.36. The van der Waals surface area contributed by atoms with Crippen LogP contribution in [0.5, 0.6) is 5.88 Å². The number of aldehydes is 1. The number of carbonyl (C=O) groups excluding carboxylic acids is 1. The molecular weight excluding hydrogens is 232 g/mol. The molecule has 0 atom stereocenters. The molecule has 98 valence electrons. The van der Waals surface area contributed by atoms with E-state index in [-0.39, 0.29) is 6.10 Å². The zero-order valence-electron chi connectivity index (χ0n) is 10.4. The number of rotatable bonds is 7. The second kappa shape index (κ2) is 5.10. The topological polar surface area (TPSA) is 53.4 Å². The van der Waals surface area contributed by atoms with Crippen molar-refractivity contribution in [2.24, 2.45) is 0 Å². The summed E-state index contributed by atoms with van der Waals surface area (Å²) in [4.78, 5) is 10.4. The van der Waals surface area contributed by atoms with Gasteiger partial charge >= 0.3 is 0 Å². The largest absolute Gasteiger partial charge is 0.468 e. The van der Waals surface area contributed by atoms with E-state index in [1.165, 1.54) is 12.8 Å². The minimum Gasteiger partial charge on any atom is -0.468 e. The zero-order valence-corrected chi connectivity index (χ0v) is 10.4. The third-order valence-electron chi connectivity index (χ3n) is 3.34. The van der Waals surface area contributed by atoms with Gasteiger partial charge < -0.3 is 14.3 Å². The van der Waals surface area contributed by atoms with E-state index in [1.807, 2.05) is 4.68 Å². The molecule has 1 saturated carbocycles. The number of carbonyl (C=O) groups is 1. The maximum absolute atomic E-state index is 10.4. The van der Waals surface area contributed by atoms with E-state index in [9.17, 15) is 4.79 Å². The van der Waals surface area contributed by atoms with E-state index < -0.39 is 0 Å². The Balaban J connectivity index is 1.68. The molecule has 2 aliphatic rings. The van der Waals surface area contributed by atoms with Gasteiger partial charge in [-0.1, -0.05) is 0 Å². The second-order valence-electron chi connectivity index (χ2n) is 5.01. The number of unbranched alkanes of at least 4 members (excludes halogenated alkanes) is 1. The Morgan fingerprint density at radius 3 is 2.94 bits per heavy atom. The van der Waals surface area contributed by atoms with Gasteiger partial charge in [0.15, 0.2) is 0 Å². The summed E-state index contributed by atoms with van der Waals surface area (Å²) in [6, 6.07) is 0.560. The van der Waals surface area contributed by atoms with Crippen molar-refractivity contribution in [3.05, 3.63) is 11.8 Å². The fraction of sp³-hybridized carbons (Fsp3) is 0.692. The molecule has 5 nitrogen and oxygen atoms in total. The average molecular weight is 250 g/mol. The SMILES string of the molecule is O=CCCCc1cn(C2CC2)nc1OC1COC1. The van der Waals surface area contributed by atoms with E-state index in [0.29, 0.717) is 25.7 Å². The van der Waals surface area contributed by atoms with Crippen LogP contribution in [0.4, 0.5) is 0 Å². The molecule has 0 unspecified atom stereocenters. The molecule has 1 aromatic rings.